The van der Waals surface area contributed by atoms with Crippen LogP contribution in [0.4, 0.5) is 10.1 Å². The van der Waals surface area contributed by atoms with E-state index in [2.05, 4.69) is 31.0 Å². The van der Waals surface area contributed by atoms with Crippen LogP contribution in [0.15, 0.2) is 24.3 Å². The lowest BCUT2D eigenvalue weighted by Crippen LogP contribution is -2.58. The first kappa shape index (κ1) is 14.3. The molecule has 0 aromatic heterocycles. The number of anilines is 1. The summed E-state index contributed by atoms with van der Waals surface area (Å²) in [4.78, 5) is 2.38. The molecule has 0 amide bonds. The van der Waals surface area contributed by atoms with Gasteiger partial charge in [-0.3, -0.25) is 0 Å². The van der Waals surface area contributed by atoms with E-state index in [9.17, 15) is 4.39 Å². The van der Waals surface area contributed by atoms with Crippen molar-refractivity contribution in [2.45, 2.75) is 45.7 Å². The molecule has 2 unspecified atom stereocenters. The Balaban J connectivity index is 2.20. The lowest BCUT2D eigenvalue weighted by molar-refractivity contribution is 0.327. The topological polar surface area (TPSA) is 15.3 Å². The summed E-state index contributed by atoms with van der Waals surface area (Å²) in [5.74, 6) is 0.406. The van der Waals surface area contributed by atoms with E-state index in [1.54, 1.807) is 12.1 Å². The van der Waals surface area contributed by atoms with E-state index in [0.29, 0.717) is 18.0 Å². The molecule has 1 N–H and O–H groups in total. The number of hydrogen-bond acceptors (Lipinski definition) is 2. The molecule has 1 aromatic rings. The predicted octanol–water partition coefficient (Wildman–Crippen LogP) is 3.43. The van der Waals surface area contributed by atoms with Gasteiger partial charge in [0.15, 0.2) is 0 Å². The molecule has 2 atom stereocenters. The molecule has 19 heavy (non-hydrogen) atoms. The Bertz CT molecular complexity index is 405. The van der Waals surface area contributed by atoms with Gasteiger partial charge in [0.2, 0.25) is 0 Å². The van der Waals surface area contributed by atoms with Gasteiger partial charge in [-0.05, 0) is 30.5 Å². The number of piperazine rings is 1. The fraction of sp³-hybridized carbons (Fsp3) is 0.625. The van der Waals surface area contributed by atoms with Crippen molar-refractivity contribution in [3.05, 3.63) is 30.1 Å². The van der Waals surface area contributed by atoms with Gasteiger partial charge in [0.1, 0.15) is 5.82 Å². The van der Waals surface area contributed by atoms with Crippen molar-refractivity contribution in [3.8, 4) is 0 Å². The molecule has 0 aliphatic carbocycles. The quantitative estimate of drug-likeness (QED) is 0.896. The van der Waals surface area contributed by atoms with Crippen LogP contribution >= 0.6 is 0 Å². The van der Waals surface area contributed by atoms with E-state index in [0.717, 1.165) is 18.8 Å². The molecule has 0 saturated carbocycles. The van der Waals surface area contributed by atoms with Crippen LogP contribution in [0, 0.1) is 11.7 Å². The molecular formula is C16H25FN2. The Morgan fingerprint density at radius 3 is 2.84 bits per heavy atom. The van der Waals surface area contributed by atoms with E-state index >= 15 is 0 Å². The average Bonchev–Trinajstić information content (AvgIpc) is 2.39. The van der Waals surface area contributed by atoms with Gasteiger partial charge < -0.3 is 10.2 Å². The number of rotatable bonds is 4. The average molecular weight is 264 g/mol. The van der Waals surface area contributed by atoms with Crippen molar-refractivity contribution in [3.63, 3.8) is 0 Å². The molecule has 1 fully saturated rings. The SMILES string of the molecule is CCCC1CN(c2cccc(F)c2)C(C(C)C)CN1. The molecule has 1 aromatic carbocycles. The molecule has 1 aliphatic heterocycles. The normalized spacial score (nSPS) is 23.9. The Kier molecular flexibility index (Phi) is 4.81. The van der Waals surface area contributed by atoms with Crippen molar-refractivity contribution in [2.24, 2.45) is 5.92 Å². The Morgan fingerprint density at radius 1 is 1.42 bits per heavy atom. The molecule has 1 saturated heterocycles. The minimum absolute atomic E-state index is 0.148. The van der Waals surface area contributed by atoms with Crippen LogP contribution in [0.3, 0.4) is 0 Å². The highest BCUT2D eigenvalue weighted by molar-refractivity contribution is 5.48. The number of halogens is 1. The van der Waals surface area contributed by atoms with Gasteiger partial charge in [0.05, 0.1) is 0 Å². The Hall–Kier alpha value is -1.09. The lowest BCUT2D eigenvalue weighted by Gasteiger charge is -2.44. The van der Waals surface area contributed by atoms with Crippen molar-refractivity contribution in [2.75, 3.05) is 18.0 Å². The van der Waals surface area contributed by atoms with E-state index < -0.39 is 0 Å². The maximum atomic E-state index is 13.5. The molecule has 3 heteroatoms. The minimum Gasteiger partial charge on any atom is -0.365 e. The summed E-state index contributed by atoms with van der Waals surface area (Å²) in [5, 5.41) is 3.63. The minimum atomic E-state index is -0.148. The predicted molar refractivity (Wildman–Crippen MR) is 79.1 cm³/mol. The summed E-state index contributed by atoms with van der Waals surface area (Å²) in [6, 6.07) is 7.95. The van der Waals surface area contributed by atoms with Crippen molar-refractivity contribution < 1.29 is 4.39 Å². The highest BCUT2D eigenvalue weighted by Gasteiger charge is 2.29. The van der Waals surface area contributed by atoms with Crippen LogP contribution in [0.25, 0.3) is 0 Å². The maximum absolute atomic E-state index is 13.5. The Labute approximate surface area is 116 Å². The van der Waals surface area contributed by atoms with Gasteiger partial charge in [0.25, 0.3) is 0 Å². The second-order valence-corrected chi connectivity index (χ2v) is 5.84. The number of nitrogens with one attached hydrogen (secondary N) is 1. The molecule has 0 radical (unpaired) electrons. The van der Waals surface area contributed by atoms with E-state index in [1.165, 1.54) is 18.9 Å². The monoisotopic (exact) mass is 264 g/mol. The first-order valence-electron chi connectivity index (χ1n) is 7.37. The summed E-state index contributed by atoms with van der Waals surface area (Å²) < 4.78 is 13.5. The first-order valence-corrected chi connectivity index (χ1v) is 7.37. The molecule has 2 rings (SSSR count). The van der Waals surface area contributed by atoms with Gasteiger partial charge in [-0.25, -0.2) is 4.39 Å². The molecule has 1 heterocycles. The third kappa shape index (κ3) is 3.47. The molecule has 0 bridgehead atoms. The molecule has 106 valence electrons. The second kappa shape index (κ2) is 6.38. The fourth-order valence-electron chi connectivity index (χ4n) is 2.92. The van der Waals surface area contributed by atoms with Crippen molar-refractivity contribution >= 4 is 5.69 Å². The van der Waals surface area contributed by atoms with Crippen molar-refractivity contribution in [1.29, 1.82) is 0 Å². The van der Waals surface area contributed by atoms with Gasteiger partial charge >= 0.3 is 0 Å². The van der Waals surface area contributed by atoms with E-state index in [-0.39, 0.29) is 5.82 Å². The van der Waals surface area contributed by atoms with Crippen LogP contribution in [0.2, 0.25) is 0 Å². The number of hydrogen-bond donors (Lipinski definition) is 1. The van der Waals surface area contributed by atoms with Crippen molar-refractivity contribution in [1.82, 2.24) is 5.32 Å². The maximum Gasteiger partial charge on any atom is 0.125 e. The lowest BCUT2D eigenvalue weighted by atomic mass is 9.96. The van der Waals surface area contributed by atoms with Crippen LogP contribution < -0.4 is 10.2 Å². The zero-order valence-corrected chi connectivity index (χ0v) is 12.2. The highest BCUT2D eigenvalue weighted by Crippen LogP contribution is 2.25. The summed E-state index contributed by atoms with van der Waals surface area (Å²) >= 11 is 0. The number of nitrogens with zero attached hydrogens (tertiary/aromatic N) is 1. The molecular weight excluding hydrogens is 239 g/mol. The summed E-state index contributed by atoms with van der Waals surface area (Å²) in [5.41, 5.74) is 1.02. The largest absolute Gasteiger partial charge is 0.365 e. The zero-order valence-electron chi connectivity index (χ0n) is 12.2. The van der Waals surface area contributed by atoms with Gasteiger partial charge in [-0.15, -0.1) is 0 Å². The molecule has 2 nitrogen and oxygen atoms in total. The molecule has 0 spiro atoms. The second-order valence-electron chi connectivity index (χ2n) is 5.84. The van der Waals surface area contributed by atoms with Crippen LogP contribution in [0.1, 0.15) is 33.6 Å². The summed E-state index contributed by atoms with van der Waals surface area (Å²) in [6.07, 6.45) is 2.36. The Morgan fingerprint density at radius 2 is 2.21 bits per heavy atom. The first-order chi connectivity index (χ1) is 9.11. The van der Waals surface area contributed by atoms with Crippen LogP contribution in [-0.4, -0.2) is 25.2 Å². The van der Waals surface area contributed by atoms with Gasteiger partial charge in [0, 0.05) is 30.9 Å². The van der Waals surface area contributed by atoms with E-state index in [4.69, 9.17) is 0 Å². The van der Waals surface area contributed by atoms with Gasteiger partial charge in [-0.1, -0.05) is 33.3 Å². The zero-order chi connectivity index (χ0) is 13.8. The smallest absolute Gasteiger partial charge is 0.125 e. The van der Waals surface area contributed by atoms with Gasteiger partial charge in [-0.2, -0.15) is 0 Å². The fourth-order valence-corrected chi connectivity index (χ4v) is 2.92. The van der Waals surface area contributed by atoms with Crippen LogP contribution in [0.5, 0.6) is 0 Å². The summed E-state index contributed by atoms with van der Waals surface area (Å²) in [7, 11) is 0. The standard InChI is InChI=1S/C16H25FN2/c1-4-6-14-11-19(16(10-18-14)12(2)3)15-8-5-7-13(17)9-15/h5,7-9,12,14,16,18H,4,6,10-11H2,1-3H3. The molecule has 1 aliphatic rings. The van der Waals surface area contributed by atoms with Crippen LogP contribution in [-0.2, 0) is 0 Å². The van der Waals surface area contributed by atoms with E-state index in [1.807, 2.05) is 6.07 Å². The summed E-state index contributed by atoms with van der Waals surface area (Å²) in [6.45, 7) is 8.64. The third-order valence-corrected chi connectivity index (χ3v) is 3.98. The number of benzene rings is 1. The highest BCUT2D eigenvalue weighted by atomic mass is 19.1. The third-order valence-electron chi connectivity index (χ3n) is 3.98.